The number of likely N-dealkylation sites (N-methyl/N-ethyl adjacent to an activating group) is 2. The third-order valence-electron chi connectivity index (χ3n) is 3.69. The van der Waals surface area contributed by atoms with Gasteiger partial charge in [0.15, 0.2) is 5.11 Å². The van der Waals surface area contributed by atoms with Crippen molar-refractivity contribution in [3.63, 3.8) is 0 Å². The number of hydrogen-bond acceptors (Lipinski definition) is 3. The Morgan fingerprint density at radius 2 is 1.91 bits per heavy atom. The zero-order chi connectivity index (χ0) is 16.6. The maximum Gasteiger partial charge on any atom is 0.276 e. The Morgan fingerprint density at radius 3 is 2.52 bits per heavy atom. The first-order chi connectivity index (χ1) is 11.0. The van der Waals surface area contributed by atoms with Gasteiger partial charge in [-0.3, -0.25) is 9.69 Å². The molecule has 0 radical (unpaired) electrons. The van der Waals surface area contributed by atoms with Gasteiger partial charge < -0.3 is 9.32 Å². The van der Waals surface area contributed by atoms with Crippen molar-refractivity contribution in [3.05, 3.63) is 52.9 Å². The van der Waals surface area contributed by atoms with E-state index in [2.05, 4.69) is 0 Å². The lowest BCUT2D eigenvalue weighted by Crippen LogP contribution is -2.30. The molecule has 1 aromatic heterocycles. The molecule has 1 aliphatic rings. The summed E-state index contributed by atoms with van der Waals surface area (Å²) in [5, 5.41) is 1.18. The molecule has 1 fully saturated rings. The number of carbonyl (C=O) groups excluding carboxylic acids is 1. The highest BCUT2D eigenvalue weighted by Gasteiger charge is 2.34. The van der Waals surface area contributed by atoms with Crippen LogP contribution in [0, 0.1) is 0 Å². The van der Waals surface area contributed by atoms with Gasteiger partial charge in [-0.2, -0.15) is 0 Å². The molecule has 118 valence electrons. The first kappa shape index (κ1) is 15.8. The van der Waals surface area contributed by atoms with Gasteiger partial charge in [-0.15, -0.1) is 0 Å². The van der Waals surface area contributed by atoms with Crippen molar-refractivity contribution in [2.45, 2.75) is 6.92 Å². The van der Waals surface area contributed by atoms with Gasteiger partial charge in [0.05, 0.1) is 0 Å². The van der Waals surface area contributed by atoms with Crippen LogP contribution in [0.4, 0.5) is 0 Å². The maximum atomic E-state index is 12.3. The van der Waals surface area contributed by atoms with E-state index >= 15 is 0 Å². The average Bonchev–Trinajstić information content (AvgIpc) is 3.08. The van der Waals surface area contributed by atoms with E-state index in [9.17, 15) is 4.79 Å². The molecule has 23 heavy (non-hydrogen) atoms. The van der Waals surface area contributed by atoms with Gasteiger partial charge in [0.25, 0.3) is 5.91 Å². The van der Waals surface area contributed by atoms with Crippen LogP contribution >= 0.6 is 23.8 Å². The summed E-state index contributed by atoms with van der Waals surface area (Å²) in [6, 6.07) is 11.1. The van der Waals surface area contributed by atoms with Crippen molar-refractivity contribution in [3.8, 4) is 11.3 Å². The predicted molar refractivity (Wildman–Crippen MR) is 94.9 cm³/mol. The lowest BCUT2D eigenvalue weighted by Gasteiger charge is -2.13. The van der Waals surface area contributed by atoms with Gasteiger partial charge >= 0.3 is 0 Å². The second-order valence-electron chi connectivity index (χ2n) is 5.13. The van der Waals surface area contributed by atoms with Gasteiger partial charge in [-0.05, 0) is 55.5 Å². The van der Waals surface area contributed by atoms with Crippen LogP contribution in [0.3, 0.4) is 0 Å². The number of amides is 1. The fraction of sp³-hybridized carbons (Fsp3) is 0.176. The molecule has 0 spiro atoms. The Kier molecular flexibility index (Phi) is 4.24. The molecule has 6 heteroatoms. The van der Waals surface area contributed by atoms with E-state index in [1.54, 1.807) is 22.9 Å². The molecular formula is C17H15ClN2O2S. The molecule has 0 unspecified atom stereocenters. The molecule has 0 saturated carbocycles. The van der Waals surface area contributed by atoms with E-state index in [0.29, 0.717) is 28.1 Å². The largest absolute Gasteiger partial charge is 0.457 e. The van der Waals surface area contributed by atoms with E-state index in [1.807, 2.05) is 43.3 Å². The summed E-state index contributed by atoms with van der Waals surface area (Å²) in [6.45, 7) is 2.44. The molecule has 2 heterocycles. The summed E-state index contributed by atoms with van der Waals surface area (Å²) in [4.78, 5) is 15.6. The Hall–Kier alpha value is -2.11. The van der Waals surface area contributed by atoms with Crippen LogP contribution < -0.4 is 0 Å². The monoisotopic (exact) mass is 346 g/mol. The van der Waals surface area contributed by atoms with Gasteiger partial charge in [0.1, 0.15) is 17.2 Å². The summed E-state index contributed by atoms with van der Waals surface area (Å²) in [7, 11) is 1.78. The quantitative estimate of drug-likeness (QED) is 0.621. The molecule has 1 amide bonds. The summed E-state index contributed by atoms with van der Waals surface area (Å²) in [5.41, 5.74) is 1.43. The molecule has 3 rings (SSSR count). The maximum absolute atomic E-state index is 12.3. The van der Waals surface area contributed by atoms with E-state index in [-0.39, 0.29) is 5.91 Å². The average molecular weight is 347 g/mol. The SMILES string of the molecule is CCN1C(=O)/C(=C/c2ccc(-c3ccc(Cl)cc3)o2)N(C)C1=S. The van der Waals surface area contributed by atoms with Crippen molar-refractivity contribution >= 4 is 40.9 Å². The van der Waals surface area contributed by atoms with Gasteiger partial charge in [0, 0.05) is 30.3 Å². The number of rotatable bonds is 3. The lowest BCUT2D eigenvalue weighted by atomic mass is 10.2. The predicted octanol–water partition coefficient (Wildman–Crippen LogP) is 4.02. The number of nitrogens with zero attached hydrogens (tertiary/aromatic N) is 2. The highest BCUT2D eigenvalue weighted by atomic mass is 35.5. The molecular weight excluding hydrogens is 332 g/mol. The third-order valence-corrected chi connectivity index (χ3v) is 4.44. The first-order valence-corrected chi connectivity index (χ1v) is 7.97. The van der Waals surface area contributed by atoms with Crippen LogP contribution in [-0.4, -0.2) is 34.4 Å². The Balaban J connectivity index is 1.90. The second-order valence-corrected chi connectivity index (χ2v) is 5.93. The Morgan fingerprint density at radius 1 is 1.22 bits per heavy atom. The normalized spacial score (nSPS) is 16.7. The van der Waals surface area contributed by atoms with Gasteiger partial charge in [-0.25, -0.2) is 0 Å². The van der Waals surface area contributed by atoms with Crippen molar-refractivity contribution in [2.24, 2.45) is 0 Å². The summed E-state index contributed by atoms with van der Waals surface area (Å²) in [5.74, 6) is 1.21. The number of halogens is 1. The Bertz CT molecular complexity index is 795. The van der Waals surface area contributed by atoms with Gasteiger partial charge in [-0.1, -0.05) is 11.6 Å². The molecule has 1 aliphatic heterocycles. The number of benzene rings is 1. The number of thiocarbonyl (C=S) groups is 1. The number of furan rings is 1. The molecule has 0 atom stereocenters. The van der Waals surface area contributed by atoms with Gasteiger partial charge in [0.2, 0.25) is 0 Å². The van der Waals surface area contributed by atoms with Crippen LogP contribution in [0.2, 0.25) is 5.02 Å². The zero-order valence-corrected chi connectivity index (χ0v) is 14.3. The van der Waals surface area contributed by atoms with E-state index in [1.165, 1.54) is 0 Å². The zero-order valence-electron chi connectivity index (χ0n) is 12.7. The molecule has 4 nitrogen and oxygen atoms in total. The number of carbonyl (C=O) groups is 1. The summed E-state index contributed by atoms with van der Waals surface area (Å²) >= 11 is 11.2. The van der Waals surface area contributed by atoms with Crippen molar-refractivity contribution in [1.29, 1.82) is 0 Å². The van der Waals surface area contributed by atoms with Crippen LogP contribution in [-0.2, 0) is 4.79 Å². The van der Waals surface area contributed by atoms with E-state index in [4.69, 9.17) is 28.2 Å². The number of hydrogen-bond donors (Lipinski definition) is 0. The summed E-state index contributed by atoms with van der Waals surface area (Å²) < 4.78 is 5.81. The van der Waals surface area contributed by atoms with Crippen molar-refractivity contribution in [1.82, 2.24) is 9.80 Å². The second kappa shape index (κ2) is 6.18. The fourth-order valence-corrected chi connectivity index (χ4v) is 2.86. The van der Waals surface area contributed by atoms with Crippen molar-refractivity contribution in [2.75, 3.05) is 13.6 Å². The molecule has 0 N–H and O–H groups in total. The minimum Gasteiger partial charge on any atom is -0.457 e. The van der Waals surface area contributed by atoms with Crippen LogP contribution in [0.15, 0.2) is 46.5 Å². The highest BCUT2D eigenvalue weighted by molar-refractivity contribution is 7.80. The van der Waals surface area contributed by atoms with Crippen LogP contribution in [0.25, 0.3) is 17.4 Å². The van der Waals surface area contributed by atoms with E-state index < -0.39 is 0 Å². The van der Waals surface area contributed by atoms with E-state index in [0.717, 1.165) is 11.3 Å². The molecule has 1 saturated heterocycles. The fourth-order valence-electron chi connectivity index (χ4n) is 2.42. The molecule has 0 bridgehead atoms. The highest BCUT2D eigenvalue weighted by Crippen LogP contribution is 2.27. The lowest BCUT2D eigenvalue weighted by molar-refractivity contribution is -0.122. The Labute approximate surface area is 144 Å². The first-order valence-electron chi connectivity index (χ1n) is 7.18. The molecule has 1 aromatic carbocycles. The van der Waals surface area contributed by atoms with Crippen LogP contribution in [0.5, 0.6) is 0 Å². The molecule has 0 aliphatic carbocycles. The minimum atomic E-state index is -0.107. The minimum absolute atomic E-state index is 0.107. The smallest absolute Gasteiger partial charge is 0.276 e. The topological polar surface area (TPSA) is 36.7 Å². The summed E-state index contributed by atoms with van der Waals surface area (Å²) in [6.07, 6.45) is 1.71. The van der Waals surface area contributed by atoms with Crippen LogP contribution in [0.1, 0.15) is 12.7 Å². The van der Waals surface area contributed by atoms with Crippen molar-refractivity contribution < 1.29 is 9.21 Å². The standard InChI is InChI=1S/C17H15ClN2O2S/c1-3-20-16(21)14(19(2)17(20)23)10-13-8-9-15(22-13)11-4-6-12(18)7-5-11/h4-10H,3H2,1-2H3/b14-10-. The molecule has 2 aromatic rings. The third kappa shape index (κ3) is 2.90.